The number of nitrogens with zero attached hydrogens (tertiary/aromatic N) is 1. The van der Waals surface area contributed by atoms with Crippen LogP contribution >= 0.6 is 0 Å². The van der Waals surface area contributed by atoms with Gasteiger partial charge >= 0.3 is 6.09 Å². The minimum atomic E-state index is -0.551. The summed E-state index contributed by atoms with van der Waals surface area (Å²) in [7, 11) is 0. The molecule has 162 valence electrons. The van der Waals surface area contributed by atoms with Crippen LogP contribution in [-0.2, 0) is 20.7 Å². The summed E-state index contributed by atoms with van der Waals surface area (Å²) in [4.78, 5) is 50.8. The monoisotopic (exact) mass is 414 g/mol. The number of fused-ring (bicyclic) bond motifs is 1. The van der Waals surface area contributed by atoms with Gasteiger partial charge in [0.25, 0.3) is 0 Å². The van der Waals surface area contributed by atoms with Gasteiger partial charge in [-0.1, -0.05) is 13.8 Å². The van der Waals surface area contributed by atoms with Crippen molar-refractivity contribution in [3.63, 3.8) is 0 Å². The van der Waals surface area contributed by atoms with Crippen LogP contribution in [0, 0.1) is 5.92 Å². The Kier molecular flexibility index (Phi) is 7.24. The lowest BCUT2D eigenvalue weighted by Gasteiger charge is -2.16. The van der Waals surface area contributed by atoms with Crippen molar-refractivity contribution in [1.82, 2.24) is 5.32 Å². The molecule has 2 aliphatic rings. The predicted molar refractivity (Wildman–Crippen MR) is 113 cm³/mol. The topological polar surface area (TPSA) is 92.8 Å². The number of hydrogen-bond donors (Lipinski definition) is 1. The van der Waals surface area contributed by atoms with Crippen molar-refractivity contribution in [2.24, 2.45) is 5.92 Å². The Labute approximate surface area is 177 Å². The van der Waals surface area contributed by atoms with Gasteiger partial charge in [-0.2, -0.15) is 0 Å². The normalized spacial score (nSPS) is 21.1. The third kappa shape index (κ3) is 4.89. The molecular formula is C23H30N2O5. The Balaban J connectivity index is 1.71. The number of ketones is 2. The second kappa shape index (κ2) is 9.87. The first kappa shape index (κ1) is 22.0. The van der Waals surface area contributed by atoms with Gasteiger partial charge in [0.05, 0.1) is 19.0 Å². The van der Waals surface area contributed by atoms with E-state index in [0.717, 1.165) is 24.8 Å². The van der Waals surface area contributed by atoms with E-state index in [1.54, 1.807) is 12.1 Å². The zero-order valence-electron chi connectivity index (χ0n) is 17.7. The molecule has 1 aliphatic carbocycles. The highest BCUT2D eigenvalue weighted by Crippen LogP contribution is 2.31. The average Bonchev–Trinajstić information content (AvgIpc) is 3.01. The summed E-state index contributed by atoms with van der Waals surface area (Å²) in [5.74, 6) is -0.684. The van der Waals surface area contributed by atoms with E-state index in [1.165, 1.54) is 4.90 Å². The highest BCUT2D eigenvalue weighted by molar-refractivity contribution is 6.11. The molecule has 1 N–H and O–H groups in total. The molecule has 3 rings (SSSR count). The van der Waals surface area contributed by atoms with Crippen LogP contribution in [0.2, 0.25) is 0 Å². The van der Waals surface area contributed by atoms with Gasteiger partial charge in [0, 0.05) is 24.1 Å². The van der Waals surface area contributed by atoms with Crippen LogP contribution in [0.15, 0.2) is 18.2 Å². The van der Waals surface area contributed by atoms with Crippen molar-refractivity contribution in [2.75, 3.05) is 18.0 Å². The van der Waals surface area contributed by atoms with Gasteiger partial charge in [0.1, 0.15) is 11.9 Å². The molecule has 0 spiro atoms. The fourth-order valence-electron chi connectivity index (χ4n) is 4.12. The summed E-state index contributed by atoms with van der Waals surface area (Å²) in [6.45, 7) is 4.50. The number of carbonyl (C=O) groups excluding carboxylic acids is 4. The summed E-state index contributed by atoms with van der Waals surface area (Å²) in [5.41, 5.74) is 2.13. The molecule has 1 aromatic rings. The van der Waals surface area contributed by atoms with Gasteiger partial charge in [-0.3, -0.25) is 19.3 Å². The third-order valence-electron chi connectivity index (χ3n) is 5.68. The number of Topliss-reactive ketones (excluding diaryl/α,β-unsaturated/α-hetero) is 2. The molecule has 1 fully saturated rings. The van der Waals surface area contributed by atoms with Crippen LogP contribution in [0.5, 0.6) is 0 Å². The lowest BCUT2D eigenvalue weighted by Crippen LogP contribution is -2.34. The van der Waals surface area contributed by atoms with E-state index < -0.39 is 18.1 Å². The molecular weight excluding hydrogens is 384 g/mol. The number of anilines is 1. The third-order valence-corrected chi connectivity index (χ3v) is 5.68. The minimum absolute atomic E-state index is 0.0236. The number of hydrogen-bond acceptors (Lipinski definition) is 5. The number of aryl methyl sites for hydroxylation is 1. The number of ether oxygens (including phenoxy) is 1. The fourth-order valence-corrected chi connectivity index (χ4v) is 4.12. The second-order valence-corrected chi connectivity index (χ2v) is 8.04. The van der Waals surface area contributed by atoms with E-state index >= 15 is 0 Å². The van der Waals surface area contributed by atoms with Gasteiger partial charge < -0.3 is 10.1 Å². The summed E-state index contributed by atoms with van der Waals surface area (Å²) < 4.78 is 5.38. The van der Waals surface area contributed by atoms with Crippen LogP contribution in [0.25, 0.3) is 0 Å². The molecule has 0 saturated carbocycles. The highest BCUT2D eigenvalue weighted by atomic mass is 16.6. The van der Waals surface area contributed by atoms with Crippen LogP contribution in [-0.4, -0.2) is 42.8 Å². The van der Waals surface area contributed by atoms with Crippen LogP contribution < -0.4 is 10.2 Å². The maximum atomic E-state index is 12.9. The average molecular weight is 415 g/mol. The quantitative estimate of drug-likeness (QED) is 0.520. The van der Waals surface area contributed by atoms with Crippen molar-refractivity contribution in [3.05, 3.63) is 29.3 Å². The van der Waals surface area contributed by atoms with E-state index in [4.69, 9.17) is 4.74 Å². The maximum Gasteiger partial charge on any atom is 0.414 e. The lowest BCUT2D eigenvalue weighted by molar-refractivity contribution is -0.122. The van der Waals surface area contributed by atoms with E-state index in [-0.39, 0.29) is 24.0 Å². The first-order chi connectivity index (χ1) is 14.4. The summed E-state index contributed by atoms with van der Waals surface area (Å²) >= 11 is 0. The Hall–Kier alpha value is -2.70. The van der Waals surface area contributed by atoms with Gasteiger partial charge in [0.15, 0.2) is 5.78 Å². The van der Waals surface area contributed by atoms with Crippen LogP contribution in [0.1, 0.15) is 68.3 Å². The van der Waals surface area contributed by atoms with Crippen molar-refractivity contribution >= 4 is 29.3 Å². The van der Waals surface area contributed by atoms with E-state index in [1.807, 2.05) is 19.9 Å². The van der Waals surface area contributed by atoms with Gasteiger partial charge in [-0.15, -0.1) is 0 Å². The standard InChI is InChI=1S/C23H30N2O5/c1-3-6-20(26)19-9-5-8-15-12-16(10-11-18(15)22(19)28)25-14-17(30-23(25)29)13-24-21(27)7-4-2/h10-12,17,19H,3-9,13-14H2,1-2H3,(H,24,27)/t17-,19?/m0/s1. The summed E-state index contributed by atoms with van der Waals surface area (Å²) in [6, 6.07) is 5.33. The number of amides is 2. The second-order valence-electron chi connectivity index (χ2n) is 8.04. The van der Waals surface area contributed by atoms with E-state index in [9.17, 15) is 19.2 Å². The Morgan fingerprint density at radius 3 is 2.67 bits per heavy atom. The smallest absolute Gasteiger partial charge is 0.414 e. The fraction of sp³-hybridized carbons (Fsp3) is 0.565. The Morgan fingerprint density at radius 1 is 1.17 bits per heavy atom. The summed E-state index contributed by atoms with van der Waals surface area (Å²) in [6.07, 6.45) is 3.56. The molecule has 0 aromatic heterocycles. The molecule has 1 heterocycles. The molecule has 2 atom stereocenters. The van der Waals surface area contributed by atoms with Crippen LogP contribution in [0.4, 0.5) is 10.5 Å². The minimum Gasteiger partial charge on any atom is -0.442 e. The highest BCUT2D eigenvalue weighted by Gasteiger charge is 2.34. The number of carbonyl (C=O) groups is 4. The molecule has 1 saturated heterocycles. The van der Waals surface area contributed by atoms with E-state index in [2.05, 4.69) is 5.32 Å². The van der Waals surface area contributed by atoms with Crippen LogP contribution in [0.3, 0.4) is 0 Å². The van der Waals surface area contributed by atoms with Crippen molar-refractivity contribution in [3.8, 4) is 0 Å². The Morgan fingerprint density at radius 2 is 1.93 bits per heavy atom. The summed E-state index contributed by atoms with van der Waals surface area (Å²) in [5, 5.41) is 2.79. The number of nitrogens with one attached hydrogen (secondary N) is 1. The zero-order chi connectivity index (χ0) is 21.7. The first-order valence-corrected chi connectivity index (χ1v) is 10.9. The van der Waals surface area contributed by atoms with Gasteiger partial charge in [-0.05, 0) is 55.9 Å². The molecule has 2 amide bonds. The molecule has 0 radical (unpaired) electrons. The van der Waals surface area contributed by atoms with Crippen molar-refractivity contribution < 1.29 is 23.9 Å². The first-order valence-electron chi connectivity index (χ1n) is 10.9. The molecule has 1 aromatic carbocycles. The largest absolute Gasteiger partial charge is 0.442 e. The number of benzene rings is 1. The number of rotatable bonds is 8. The molecule has 1 unspecified atom stereocenters. The lowest BCUT2D eigenvalue weighted by atomic mass is 9.89. The number of cyclic esters (lactones) is 1. The van der Waals surface area contributed by atoms with Crippen molar-refractivity contribution in [2.45, 2.75) is 64.9 Å². The van der Waals surface area contributed by atoms with Crippen molar-refractivity contribution in [1.29, 1.82) is 0 Å². The SMILES string of the molecule is CCCC(=O)NC[C@H]1CN(c2ccc3c(c2)CCCC(C(=O)CCC)C3=O)C(=O)O1. The molecule has 0 bridgehead atoms. The van der Waals surface area contributed by atoms with Gasteiger partial charge in [0.2, 0.25) is 5.91 Å². The van der Waals surface area contributed by atoms with Gasteiger partial charge in [-0.25, -0.2) is 4.79 Å². The molecule has 1 aliphatic heterocycles. The molecule has 30 heavy (non-hydrogen) atoms. The maximum absolute atomic E-state index is 12.9. The predicted octanol–water partition coefficient (Wildman–Crippen LogP) is 3.43. The zero-order valence-corrected chi connectivity index (χ0v) is 17.7. The van der Waals surface area contributed by atoms with E-state index in [0.29, 0.717) is 43.5 Å². The Bertz CT molecular complexity index is 835. The molecule has 7 nitrogen and oxygen atoms in total. The molecule has 7 heteroatoms.